The molecule has 0 heterocycles. The summed E-state index contributed by atoms with van der Waals surface area (Å²) in [7, 11) is 0. The highest BCUT2D eigenvalue weighted by Gasteiger charge is 2.25. The van der Waals surface area contributed by atoms with Crippen molar-refractivity contribution < 1.29 is 24.2 Å². The van der Waals surface area contributed by atoms with Gasteiger partial charge in [0.2, 0.25) is 0 Å². The molecule has 102 valence electrons. The third-order valence-corrected chi connectivity index (χ3v) is 2.43. The van der Waals surface area contributed by atoms with Crippen LogP contribution in [0.3, 0.4) is 0 Å². The number of ketones is 2. The molecule has 0 spiro atoms. The first-order chi connectivity index (χ1) is 8.77. The van der Waals surface area contributed by atoms with Crippen LogP contribution in [0.2, 0.25) is 0 Å². The summed E-state index contributed by atoms with van der Waals surface area (Å²) in [6.45, 7) is 4.50. The van der Waals surface area contributed by atoms with Gasteiger partial charge in [-0.3, -0.25) is 9.59 Å². The molecule has 0 aliphatic rings. The molecule has 0 aliphatic carbocycles. The first-order valence-corrected chi connectivity index (χ1v) is 5.86. The van der Waals surface area contributed by atoms with Crippen molar-refractivity contribution in [3.8, 4) is 0 Å². The number of ether oxygens (including phenoxy) is 1. The van der Waals surface area contributed by atoms with Gasteiger partial charge in [0.05, 0.1) is 6.61 Å². The highest BCUT2D eigenvalue weighted by Crippen LogP contribution is 2.14. The lowest BCUT2D eigenvalue weighted by Gasteiger charge is -2.15. The van der Waals surface area contributed by atoms with Crippen molar-refractivity contribution in [3.05, 3.63) is 35.4 Å². The molecular formula is C14H16O5. The fourth-order valence-electron chi connectivity index (χ4n) is 1.44. The highest BCUT2D eigenvalue weighted by molar-refractivity contribution is 6.40. The zero-order valence-corrected chi connectivity index (χ0v) is 11.1. The van der Waals surface area contributed by atoms with E-state index in [0.717, 1.165) is 0 Å². The molecule has 1 aromatic rings. The van der Waals surface area contributed by atoms with E-state index >= 15 is 0 Å². The predicted octanol–water partition coefficient (Wildman–Crippen LogP) is 1.39. The average Bonchev–Trinajstić information content (AvgIpc) is 2.36. The van der Waals surface area contributed by atoms with Crippen LogP contribution in [0.25, 0.3) is 0 Å². The largest absolute Gasteiger partial charge is 0.460 e. The van der Waals surface area contributed by atoms with Gasteiger partial charge in [0.1, 0.15) is 5.60 Å². The van der Waals surface area contributed by atoms with E-state index in [1.54, 1.807) is 6.92 Å². The minimum absolute atomic E-state index is 0.125. The van der Waals surface area contributed by atoms with Gasteiger partial charge in [-0.2, -0.15) is 0 Å². The summed E-state index contributed by atoms with van der Waals surface area (Å²) in [5, 5.41) is 9.59. The van der Waals surface area contributed by atoms with Gasteiger partial charge in [-0.25, -0.2) is 4.79 Å². The Hall–Kier alpha value is -2.01. The molecule has 0 amide bonds. The summed E-state index contributed by atoms with van der Waals surface area (Å²) >= 11 is 0. The molecule has 5 heteroatoms. The van der Waals surface area contributed by atoms with Crippen LogP contribution < -0.4 is 0 Å². The molecular weight excluding hydrogens is 248 g/mol. The second-order valence-electron chi connectivity index (χ2n) is 4.52. The fourth-order valence-corrected chi connectivity index (χ4v) is 1.44. The molecule has 0 saturated carbocycles. The maximum absolute atomic E-state index is 11.8. The van der Waals surface area contributed by atoms with Crippen LogP contribution in [0.15, 0.2) is 24.3 Å². The summed E-state index contributed by atoms with van der Waals surface area (Å²) in [6.07, 6.45) is 0. The molecule has 1 rings (SSSR count). The van der Waals surface area contributed by atoms with Gasteiger partial charge < -0.3 is 9.84 Å². The van der Waals surface area contributed by atoms with Crippen molar-refractivity contribution >= 4 is 17.5 Å². The number of aliphatic hydroxyl groups is 1. The van der Waals surface area contributed by atoms with E-state index in [-0.39, 0.29) is 17.7 Å². The quantitative estimate of drug-likeness (QED) is 0.493. The lowest BCUT2D eigenvalue weighted by Crippen LogP contribution is -2.31. The van der Waals surface area contributed by atoms with Crippen LogP contribution >= 0.6 is 0 Å². The van der Waals surface area contributed by atoms with Crippen LogP contribution in [0.4, 0.5) is 0 Å². The van der Waals surface area contributed by atoms with Crippen LogP contribution in [0.1, 0.15) is 41.5 Å². The zero-order chi connectivity index (χ0) is 14.6. The summed E-state index contributed by atoms with van der Waals surface area (Å²) < 4.78 is 4.59. The maximum atomic E-state index is 11.8. The van der Waals surface area contributed by atoms with Gasteiger partial charge in [-0.15, -0.1) is 0 Å². The first kappa shape index (κ1) is 15.0. The molecule has 0 atom stereocenters. The standard InChI is InChI=1S/C14H16O5/c1-4-19-13(17)11(15)9-5-7-10(8-6-9)12(16)14(2,3)18/h5-8,18H,4H2,1-3H3. The molecule has 1 aromatic carbocycles. The Morgan fingerprint density at radius 1 is 1.11 bits per heavy atom. The first-order valence-electron chi connectivity index (χ1n) is 5.86. The van der Waals surface area contributed by atoms with Gasteiger partial charge in [-0.1, -0.05) is 24.3 Å². The molecule has 0 bridgehead atoms. The molecule has 0 saturated heterocycles. The van der Waals surface area contributed by atoms with Crippen LogP contribution in [-0.4, -0.2) is 34.9 Å². The molecule has 0 aromatic heterocycles. The number of hydrogen-bond donors (Lipinski definition) is 1. The van der Waals surface area contributed by atoms with E-state index in [4.69, 9.17) is 0 Å². The van der Waals surface area contributed by atoms with E-state index in [2.05, 4.69) is 4.74 Å². The lowest BCUT2D eigenvalue weighted by atomic mass is 9.96. The van der Waals surface area contributed by atoms with Gasteiger partial charge in [0, 0.05) is 11.1 Å². The van der Waals surface area contributed by atoms with E-state index in [1.165, 1.54) is 38.1 Å². The number of esters is 1. The lowest BCUT2D eigenvalue weighted by molar-refractivity contribution is -0.137. The average molecular weight is 264 g/mol. The molecule has 1 N–H and O–H groups in total. The number of Topliss-reactive ketones (excluding diaryl/α,β-unsaturated/α-hetero) is 2. The van der Waals surface area contributed by atoms with Crippen molar-refractivity contribution in [1.29, 1.82) is 0 Å². The Kier molecular flexibility index (Phi) is 4.56. The SMILES string of the molecule is CCOC(=O)C(=O)c1ccc(C(=O)C(C)(C)O)cc1. The molecule has 0 aliphatic heterocycles. The maximum Gasteiger partial charge on any atom is 0.379 e. The van der Waals surface area contributed by atoms with E-state index < -0.39 is 23.1 Å². The fraction of sp³-hybridized carbons (Fsp3) is 0.357. The van der Waals surface area contributed by atoms with E-state index in [9.17, 15) is 19.5 Å². The Balaban J connectivity index is 2.91. The van der Waals surface area contributed by atoms with Crippen molar-refractivity contribution in [2.24, 2.45) is 0 Å². The summed E-state index contributed by atoms with van der Waals surface area (Å²) in [5.74, 6) is -2.14. The van der Waals surface area contributed by atoms with Crippen molar-refractivity contribution in [3.63, 3.8) is 0 Å². The number of carbonyl (C=O) groups excluding carboxylic acids is 3. The van der Waals surface area contributed by atoms with Crippen LogP contribution in [0, 0.1) is 0 Å². The monoisotopic (exact) mass is 264 g/mol. The molecule has 5 nitrogen and oxygen atoms in total. The third kappa shape index (κ3) is 3.72. The second kappa shape index (κ2) is 5.75. The minimum atomic E-state index is -1.48. The summed E-state index contributed by atoms with van der Waals surface area (Å²) in [6, 6.07) is 5.51. The van der Waals surface area contributed by atoms with Crippen molar-refractivity contribution in [1.82, 2.24) is 0 Å². The Bertz CT molecular complexity index is 494. The normalized spacial score (nSPS) is 10.9. The Labute approximate surface area is 111 Å². The summed E-state index contributed by atoms with van der Waals surface area (Å²) in [5.41, 5.74) is -1.06. The topological polar surface area (TPSA) is 80.7 Å². The smallest absolute Gasteiger partial charge is 0.379 e. The zero-order valence-electron chi connectivity index (χ0n) is 11.1. The van der Waals surface area contributed by atoms with Crippen LogP contribution in [-0.2, 0) is 9.53 Å². The van der Waals surface area contributed by atoms with Crippen LogP contribution in [0.5, 0.6) is 0 Å². The summed E-state index contributed by atoms with van der Waals surface area (Å²) in [4.78, 5) is 34.6. The van der Waals surface area contributed by atoms with Crippen molar-refractivity contribution in [2.45, 2.75) is 26.4 Å². The predicted molar refractivity (Wildman–Crippen MR) is 68.0 cm³/mol. The highest BCUT2D eigenvalue weighted by atomic mass is 16.5. The number of hydrogen-bond acceptors (Lipinski definition) is 5. The van der Waals surface area contributed by atoms with Gasteiger partial charge in [-0.05, 0) is 20.8 Å². The van der Waals surface area contributed by atoms with Gasteiger partial charge in [0.15, 0.2) is 5.78 Å². The molecule has 0 fully saturated rings. The van der Waals surface area contributed by atoms with Gasteiger partial charge in [0.25, 0.3) is 5.78 Å². The van der Waals surface area contributed by atoms with Gasteiger partial charge >= 0.3 is 5.97 Å². The minimum Gasteiger partial charge on any atom is -0.460 e. The number of carbonyl (C=O) groups is 3. The molecule has 19 heavy (non-hydrogen) atoms. The van der Waals surface area contributed by atoms with E-state index in [1.807, 2.05) is 0 Å². The Morgan fingerprint density at radius 2 is 1.58 bits per heavy atom. The molecule has 0 radical (unpaired) electrons. The van der Waals surface area contributed by atoms with E-state index in [0.29, 0.717) is 0 Å². The van der Waals surface area contributed by atoms with Crippen molar-refractivity contribution in [2.75, 3.05) is 6.61 Å². The number of benzene rings is 1. The second-order valence-corrected chi connectivity index (χ2v) is 4.52. The Morgan fingerprint density at radius 3 is 2.00 bits per heavy atom. The number of rotatable bonds is 5. The third-order valence-electron chi connectivity index (χ3n) is 2.43. The molecule has 0 unspecified atom stereocenters.